The fraction of sp³-hybridized carbons (Fsp3) is 0.462. The first-order valence-electron chi connectivity index (χ1n) is 5.47. The molecule has 0 bridgehead atoms. The molecule has 0 aromatic heterocycles. The van der Waals surface area contributed by atoms with Crippen molar-refractivity contribution in [2.45, 2.75) is 38.8 Å². The molecule has 0 N–H and O–H groups in total. The lowest BCUT2D eigenvalue weighted by molar-refractivity contribution is -0.0597. The van der Waals surface area contributed by atoms with Crippen LogP contribution in [0.25, 0.3) is 0 Å². The number of rotatable bonds is 0. The maximum absolute atomic E-state index is 12.6. The number of hydrogen-bond donors (Lipinski definition) is 0. The van der Waals surface area contributed by atoms with Crippen molar-refractivity contribution in [2.75, 3.05) is 0 Å². The quantitative estimate of drug-likeness (QED) is 0.646. The van der Waals surface area contributed by atoms with Gasteiger partial charge >= 0.3 is 6.18 Å². The van der Waals surface area contributed by atoms with E-state index in [1.165, 1.54) is 0 Å². The van der Waals surface area contributed by atoms with Crippen LogP contribution in [0.4, 0.5) is 18.9 Å². The molecule has 0 spiro atoms. The molecule has 1 aromatic carbocycles. The number of para-hydroxylation sites is 1. The van der Waals surface area contributed by atoms with E-state index in [1.807, 2.05) is 26.8 Å². The first-order chi connectivity index (χ1) is 7.69. The zero-order chi connectivity index (χ0) is 12.8. The zero-order valence-electron chi connectivity index (χ0n) is 10.0. The minimum absolute atomic E-state index is 0.108. The van der Waals surface area contributed by atoms with Crippen molar-refractivity contribution in [3.63, 3.8) is 0 Å². The molecule has 0 saturated heterocycles. The molecular weight excluding hydrogens is 227 g/mol. The molecule has 0 atom stereocenters. The summed E-state index contributed by atoms with van der Waals surface area (Å²) in [6, 6.07) is 5.36. The molecule has 17 heavy (non-hydrogen) atoms. The summed E-state index contributed by atoms with van der Waals surface area (Å²) in [5, 5.41) is 0. The van der Waals surface area contributed by atoms with Crippen LogP contribution in [0, 0.1) is 0 Å². The number of alkyl halides is 3. The maximum atomic E-state index is 12.6. The Balaban J connectivity index is 2.52. The van der Waals surface area contributed by atoms with E-state index in [0.29, 0.717) is 11.3 Å². The predicted octanol–water partition coefficient (Wildman–Crippen LogP) is 4.18. The van der Waals surface area contributed by atoms with Crippen molar-refractivity contribution in [1.29, 1.82) is 0 Å². The summed E-state index contributed by atoms with van der Waals surface area (Å²) < 4.78 is 37.9. The third-order valence-electron chi connectivity index (χ3n) is 2.86. The van der Waals surface area contributed by atoms with Gasteiger partial charge in [0.2, 0.25) is 0 Å². The Labute approximate surface area is 98.4 Å². The van der Waals surface area contributed by atoms with E-state index in [2.05, 4.69) is 4.99 Å². The monoisotopic (exact) mass is 241 g/mol. The second-order valence-corrected chi connectivity index (χ2v) is 5.30. The van der Waals surface area contributed by atoms with Crippen LogP contribution >= 0.6 is 0 Å². The van der Waals surface area contributed by atoms with E-state index in [-0.39, 0.29) is 11.8 Å². The lowest BCUT2D eigenvalue weighted by Crippen LogP contribution is -2.22. The summed E-state index contributed by atoms with van der Waals surface area (Å²) in [7, 11) is 0. The van der Waals surface area contributed by atoms with Gasteiger partial charge in [-0.3, -0.25) is 0 Å². The molecule has 0 radical (unpaired) electrons. The minimum Gasteiger partial charge on any atom is -0.247 e. The van der Waals surface area contributed by atoms with Crippen LogP contribution in [-0.4, -0.2) is 11.9 Å². The molecule has 0 unspecified atom stereocenters. The number of nitrogens with zero attached hydrogens (tertiary/aromatic N) is 1. The van der Waals surface area contributed by atoms with E-state index < -0.39 is 11.9 Å². The van der Waals surface area contributed by atoms with Gasteiger partial charge in [-0.1, -0.05) is 39.0 Å². The van der Waals surface area contributed by atoms with Crippen LogP contribution in [0.3, 0.4) is 0 Å². The topological polar surface area (TPSA) is 12.4 Å². The summed E-state index contributed by atoms with van der Waals surface area (Å²) >= 11 is 0. The van der Waals surface area contributed by atoms with Crippen LogP contribution in [0.1, 0.15) is 31.9 Å². The second kappa shape index (κ2) is 3.59. The molecule has 1 aromatic rings. The van der Waals surface area contributed by atoms with Gasteiger partial charge in [0.05, 0.1) is 5.69 Å². The van der Waals surface area contributed by atoms with Gasteiger partial charge in [0.25, 0.3) is 0 Å². The number of aliphatic imine (C=N–C) groups is 1. The molecule has 1 aliphatic heterocycles. The Kier molecular flexibility index (Phi) is 2.56. The van der Waals surface area contributed by atoms with Crippen molar-refractivity contribution in [3.05, 3.63) is 29.3 Å². The van der Waals surface area contributed by atoms with Gasteiger partial charge in [0, 0.05) is 6.42 Å². The van der Waals surface area contributed by atoms with Crippen LogP contribution < -0.4 is 0 Å². The Bertz CT molecular complexity index is 478. The van der Waals surface area contributed by atoms with E-state index in [9.17, 15) is 13.2 Å². The van der Waals surface area contributed by atoms with Crippen LogP contribution in [-0.2, 0) is 11.8 Å². The van der Waals surface area contributed by atoms with E-state index in [0.717, 1.165) is 5.56 Å². The Morgan fingerprint density at radius 3 is 2.29 bits per heavy atom. The van der Waals surface area contributed by atoms with E-state index >= 15 is 0 Å². The summed E-state index contributed by atoms with van der Waals surface area (Å²) in [6.45, 7) is 5.93. The first-order valence-corrected chi connectivity index (χ1v) is 5.47. The highest BCUT2D eigenvalue weighted by Gasteiger charge is 2.39. The smallest absolute Gasteiger partial charge is 0.247 e. The van der Waals surface area contributed by atoms with Crippen LogP contribution in [0.2, 0.25) is 0 Å². The highest BCUT2D eigenvalue weighted by atomic mass is 19.4. The fourth-order valence-electron chi connectivity index (χ4n) is 1.99. The average molecular weight is 241 g/mol. The fourth-order valence-corrected chi connectivity index (χ4v) is 1.99. The number of hydrogen-bond acceptors (Lipinski definition) is 1. The van der Waals surface area contributed by atoms with Crippen molar-refractivity contribution in [2.24, 2.45) is 4.99 Å². The van der Waals surface area contributed by atoms with Gasteiger partial charge < -0.3 is 0 Å². The molecule has 0 aliphatic carbocycles. The third-order valence-corrected chi connectivity index (χ3v) is 2.86. The van der Waals surface area contributed by atoms with Gasteiger partial charge in [0.1, 0.15) is 5.71 Å². The molecule has 1 nitrogen and oxygen atoms in total. The zero-order valence-corrected chi connectivity index (χ0v) is 10.0. The molecule has 4 heteroatoms. The van der Waals surface area contributed by atoms with Gasteiger partial charge in [-0.2, -0.15) is 13.2 Å². The summed E-state index contributed by atoms with van der Waals surface area (Å²) in [5.74, 6) is 0. The highest BCUT2D eigenvalue weighted by Crippen LogP contribution is 2.40. The SMILES string of the molecule is CC(C)(C)c1cccc2c1N=C(C(F)(F)F)C2. The molecule has 0 amide bonds. The van der Waals surface area contributed by atoms with Gasteiger partial charge in [-0.15, -0.1) is 0 Å². The lowest BCUT2D eigenvalue weighted by atomic mass is 9.85. The van der Waals surface area contributed by atoms with Crippen molar-refractivity contribution in [1.82, 2.24) is 0 Å². The molecule has 2 rings (SSSR count). The highest BCUT2D eigenvalue weighted by molar-refractivity contribution is 5.98. The molecule has 1 heterocycles. The Morgan fingerprint density at radius 1 is 1.12 bits per heavy atom. The summed E-state index contributed by atoms with van der Waals surface area (Å²) in [6.07, 6.45) is -4.43. The second-order valence-electron chi connectivity index (χ2n) is 5.30. The number of benzene rings is 1. The van der Waals surface area contributed by atoms with Crippen molar-refractivity contribution in [3.8, 4) is 0 Å². The summed E-state index contributed by atoms with van der Waals surface area (Å²) in [4.78, 5) is 3.78. The largest absolute Gasteiger partial charge is 0.429 e. The van der Waals surface area contributed by atoms with Gasteiger partial charge in [-0.05, 0) is 16.5 Å². The van der Waals surface area contributed by atoms with E-state index in [4.69, 9.17) is 0 Å². The van der Waals surface area contributed by atoms with Crippen molar-refractivity contribution < 1.29 is 13.2 Å². The van der Waals surface area contributed by atoms with Gasteiger partial charge in [-0.25, -0.2) is 4.99 Å². The molecular formula is C13H14F3N. The average Bonchev–Trinajstić information content (AvgIpc) is 2.57. The standard InChI is InChI=1S/C13H14F3N/c1-12(2,3)9-6-4-5-8-7-10(13(14,15)16)17-11(8)9/h4-6H,7H2,1-3H3. The maximum Gasteiger partial charge on any atom is 0.429 e. The number of fused-ring (bicyclic) bond motifs is 1. The van der Waals surface area contributed by atoms with Crippen LogP contribution in [0.5, 0.6) is 0 Å². The predicted molar refractivity (Wildman–Crippen MR) is 62.0 cm³/mol. The molecule has 1 aliphatic rings. The third kappa shape index (κ3) is 2.21. The van der Waals surface area contributed by atoms with Crippen LogP contribution in [0.15, 0.2) is 23.2 Å². The van der Waals surface area contributed by atoms with Gasteiger partial charge in [0.15, 0.2) is 0 Å². The summed E-state index contributed by atoms with van der Waals surface area (Å²) in [5.41, 5.74) is 1.16. The number of halogens is 3. The first kappa shape index (κ1) is 12.1. The minimum atomic E-state index is -4.33. The van der Waals surface area contributed by atoms with Crippen molar-refractivity contribution >= 4 is 11.4 Å². The Morgan fingerprint density at radius 2 is 1.76 bits per heavy atom. The molecule has 0 saturated carbocycles. The normalized spacial score (nSPS) is 15.8. The van der Waals surface area contributed by atoms with E-state index in [1.54, 1.807) is 12.1 Å². The Hall–Kier alpha value is -1.32. The lowest BCUT2D eigenvalue weighted by Gasteiger charge is -2.21. The molecule has 92 valence electrons. The molecule has 0 fully saturated rings.